The zero-order valence-electron chi connectivity index (χ0n) is 12.7. The molecule has 0 spiro atoms. The summed E-state index contributed by atoms with van der Waals surface area (Å²) in [7, 11) is -1.19. The average Bonchev–Trinajstić information content (AvgIpc) is 2.87. The third-order valence-electron chi connectivity index (χ3n) is 3.31. The highest BCUT2D eigenvalue weighted by atomic mass is 32.2. The lowest BCUT2D eigenvalue weighted by atomic mass is 10.2. The standard InChI is InChI=1S/C13H27N3O3S/c1-11(7-10-20(3,17)18)16-13(14-2)15-8-6-12-5-4-9-19-12/h11-12H,4-10H2,1-3H3,(H2,14,15,16). The SMILES string of the molecule is CN=C(NCCC1CCCO1)NC(C)CCS(C)(=O)=O. The highest BCUT2D eigenvalue weighted by Gasteiger charge is 2.15. The van der Waals surface area contributed by atoms with Gasteiger partial charge in [-0.1, -0.05) is 0 Å². The Balaban J connectivity index is 2.21. The summed E-state index contributed by atoms with van der Waals surface area (Å²) in [6, 6.07) is 0.0682. The minimum atomic E-state index is -2.91. The first-order valence-corrected chi connectivity index (χ1v) is 9.23. The van der Waals surface area contributed by atoms with E-state index >= 15 is 0 Å². The summed E-state index contributed by atoms with van der Waals surface area (Å²) >= 11 is 0. The van der Waals surface area contributed by atoms with Crippen molar-refractivity contribution in [3.05, 3.63) is 0 Å². The first kappa shape index (κ1) is 17.2. The van der Waals surface area contributed by atoms with Crippen LogP contribution in [-0.4, -0.2) is 58.7 Å². The van der Waals surface area contributed by atoms with Gasteiger partial charge in [0.2, 0.25) is 0 Å². The molecule has 0 radical (unpaired) electrons. The van der Waals surface area contributed by atoms with E-state index in [0.29, 0.717) is 18.5 Å². The van der Waals surface area contributed by atoms with Crippen LogP contribution >= 0.6 is 0 Å². The monoisotopic (exact) mass is 305 g/mol. The molecule has 1 saturated heterocycles. The molecule has 1 rings (SSSR count). The second-order valence-corrected chi connectivity index (χ2v) is 7.65. The summed E-state index contributed by atoms with van der Waals surface area (Å²) in [6.45, 7) is 3.64. The fourth-order valence-corrected chi connectivity index (χ4v) is 2.90. The van der Waals surface area contributed by atoms with Crippen molar-refractivity contribution in [2.45, 2.75) is 44.8 Å². The Hall–Kier alpha value is -0.820. The molecule has 0 amide bonds. The average molecular weight is 305 g/mol. The maximum absolute atomic E-state index is 11.1. The zero-order valence-corrected chi connectivity index (χ0v) is 13.5. The van der Waals surface area contributed by atoms with Crippen molar-refractivity contribution in [3.63, 3.8) is 0 Å². The minimum absolute atomic E-state index is 0.0682. The molecule has 0 saturated carbocycles. The summed E-state index contributed by atoms with van der Waals surface area (Å²) in [5, 5.41) is 6.43. The van der Waals surface area contributed by atoms with E-state index in [0.717, 1.165) is 32.4 Å². The molecule has 2 unspecified atom stereocenters. The van der Waals surface area contributed by atoms with Gasteiger partial charge >= 0.3 is 0 Å². The van der Waals surface area contributed by atoms with E-state index in [9.17, 15) is 8.42 Å². The molecule has 0 aromatic heterocycles. The van der Waals surface area contributed by atoms with Crippen LogP contribution in [0.2, 0.25) is 0 Å². The smallest absolute Gasteiger partial charge is 0.191 e. The molecule has 0 aromatic rings. The highest BCUT2D eigenvalue weighted by molar-refractivity contribution is 7.90. The zero-order chi connectivity index (χ0) is 15.0. The molecule has 7 heteroatoms. The molecule has 0 aromatic carbocycles. The summed E-state index contributed by atoms with van der Waals surface area (Å²) in [5.74, 6) is 0.901. The Bertz CT molecular complexity index is 403. The molecule has 6 nitrogen and oxygen atoms in total. The van der Waals surface area contributed by atoms with Crippen LogP contribution in [0.15, 0.2) is 4.99 Å². The molecule has 1 aliphatic rings. The van der Waals surface area contributed by atoms with Crippen LogP contribution in [0.5, 0.6) is 0 Å². The largest absolute Gasteiger partial charge is 0.378 e. The number of nitrogens with one attached hydrogen (secondary N) is 2. The van der Waals surface area contributed by atoms with E-state index in [4.69, 9.17) is 4.74 Å². The number of hydrogen-bond acceptors (Lipinski definition) is 4. The van der Waals surface area contributed by atoms with Gasteiger partial charge in [0.25, 0.3) is 0 Å². The quantitative estimate of drug-likeness (QED) is 0.530. The van der Waals surface area contributed by atoms with E-state index < -0.39 is 9.84 Å². The molecule has 0 aliphatic carbocycles. The summed E-state index contributed by atoms with van der Waals surface area (Å²) in [6.07, 6.45) is 5.46. The minimum Gasteiger partial charge on any atom is -0.378 e. The maximum Gasteiger partial charge on any atom is 0.191 e. The van der Waals surface area contributed by atoms with Gasteiger partial charge in [-0.05, 0) is 32.6 Å². The van der Waals surface area contributed by atoms with E-state index in [-0.39, 0.29) is 11.8 Å². The van der Waals surface area contributed by atoms with Crippen molar-refractivity contribution in [1.82, 2.24) is 10.6 Å². The van der Waals surface area contributed by atoms with E-state index in [1.807, 2.05) is 6.92 Å². The number of guanidine groups is 1. The number of ether oxygens (including phenoxy) is 1. The predicted octanol–water partition coefficient (Wildman–Crippen LogP) is 0.544. The lowest BCUT2D eigenvalue weighted by Gasteiger charge is -2.18. The summed E-state index contributed by atoms with van der Waals surface area (Å²) < 4.78 is 27.8. The van der Waals surface area contributed by atoms with Gasteiger partial charge in [0.1, 0.15) is 9.84 Å². The molecule has 1 aliphatic heterocycles. The van der Waals surface area contributed by atoms with Crippen molar-refractivity contribution < 1.29 is 13.2 Å². The lowest BCUT2D eigenvalue weighted by Crippen LogP contribution is -2.43. The number of hydrogen-bond donors (Lipinski definition) is 2. The number of aliphatic imine (C=N–C) groups is 1. The molecular formula is C13H27N3O3S. The van der Waals surface area contributed by atoms with Crippen molar-refractivity contribution in [3.8, 4) is 0 Å². The molecule has 1 fully saturated rings. The first-order valence-electron chi connectivity index (χ1n) is 7.17. The van der Waals surface area contributed by atoms with Gasteiger partial charge < -0.3 is 15.4 Å². The van der Waals surface area contributed by atoms with Crippen LogP contribution in [-0.2, 0) is 14.6 Å². The Morgan fingerprint density at radius 1 is 1.50 bits per heavy atom. The molecule has 2 atom stereocenters. The first-order chi connectivity index (χ1) is 9.40. The Kier molecular flexibility index (Phi) is 7.29. The number of rotatable bonds is 7. The van der Waals surface area contributed by atoms with Gasteiger partial charge in [-0.2, -0.15) is 0 Å². The van der Waals surface area contributed by atoms with Crippen LogP contribution in [0.3, 0.4) is 0 Å². The molecule has 2 N–H and O–H groups in total. The molecule has 20 heavy (non-hydrogen) atoms. The van der Waals surface area contributed by atoms with E-state index in [1.165, 1.54) is 6.26 Å². The van der Waals surface area contributed by atoms with Crippen molar-refractivity contribution in [2.24, 2.45) is 4.99 Å². The molecule has 118 valence electrons. The van der Waals surface area contributed by atoms with Crippen LogP contribution in [0.4, 0.5) is 0 Å². The predicted molar refractivity (Wildman–Crippen MR) is 81.9 cm³/mol. The van der Waals surface area contributed by atoms with Crippen molar-refractivity contribution in [2.75, 3.05) is 32.2 Å². The third kappa shape index (κ3) is 7.69. The fraction of sp³-hybridized carbons (Fsp3) is 0.923. The van der Waals surface area contributed by atoms with Crippen LogP contribution in [0.1, 0.15) is 32.6 Å². The Morgan fingerprint density at radius 2 is 2.25 bits per heavy atom. The van der Waals surface area contributed by atoms with Gasteiger partial charge in [0.15, 0.2) is 5.96 Å². The van der Waals surface area contributed by atoms with Gasteiger partial charge in [0, 0.05) is 32.5 Å². The Morgan fingerprint density at radius 3 is 2.80 bits per heavy atom. The van der Waals surface area contributed by atoms with Crippen LogP contribution in [0.25, 0.3) is 0 Å². The number of nitrogens with zero attached hydrogens (tertiary/aromatic N) is 1. The highest BCUT2D eigenvalue weighted by Crippen LogP contribution is 2.14. The topological polar surface area (TPSA) is 79.8 Å². The fourth-order valence-electron chi connectivity index (χ4n) is 2.11. The second kappa shape index (κ2) is 8.46. The third-order valence-corrected chi connectivity index (χ3v) is 4.29. The van der Waals surface area contributed by atoms with E-state index in [2.05, 4.69) is 15.6 Å². The molecule has 1 heterocycles. The number of sulfone groups is 1. The van der Waals surface area contributed by atoms with Crippen molar-refractivity contribution >= 4 is 15.8 Å². The van der Waals surface area contributed by atoms with Gasteiger partial charge in [-0.25, -0.2) is 8.42 Å². The Labute approximate surface area is 122 Å². The van der Waals surface area contributed by atoms with Gasteiger partial charge in [0.05, 0.1) is 11.9 Å². The molecule has 0 bridgehead atoms. The van der Waals surface area contributed by atoms with Crippen molar-refractivity contribution in [1.29, 1.82) is 0 Å². The summed E-state index contributed by atoms with van der Waals surface area (Å²) in [5.41, 5.74) is 0. The maximum atomic E-state index is 11.1. The van der Waals surface area contributed by atoms with Gasteiger partial charge in [-0.3, -0.25) is 4.99 Å². The molecular weight excluding hydrogens is 278 g/mol. The van der Waals surface area contributed by atoms with Crippen LogP contribution in [0, 0.1) is 0 Å². The second-order valence-electron chi connectivity index (χ2n) is 5.39. The normalized spacial score (nSPS) is 21.8. The van der Waals surface area contributed by atoms with Crippen LogP contribution < -0.4 is 10.6 Å². The van der Waals surface area contributed by atoms with Gasteiger partial charge in [-0.15, -0.1) is 0 Å². The lowest BCUT2D eigenvalue weighted by molar-refractivity contribution is 0.105. The summed E-state index contributed by atoms with van der Waals surface area (Å²) in [4.78, 5) is 4.14. The van der Waals surface area contributed by atoms with E-state index in [1.54, 1.807) is 7.05 Å².